The van der Waals surface area contributed by atoms with Crippen LogP contribution in [-0.4, -0.2) is 34.5 Å². The number of nitrogens with zero attached hydrogens (tertiary/aromatic N) is 2. The zero-order chi connectivity index (χ0) is 21.7. The maximum Gasteiger partial charge on any atom is 0.262 e. The number of H-pyrrole nitrogens is 1. The molecule has 0 unspecified atom stereocenters. The number of methoxy groups -OCH3 is 1. The first-order valence-corrected chi connectivity index (χ1v) is 9.89. The third kappa shape index (κ3) is 5.31. The molecule has 0 atom stereocenters. The van der Waals surface area contributed by atoms with Gasteiger partial charge in [0.25, 0.3) is 5.91 Å². The second kappa shape index (κ2) is 9.64. The molecule has 8 nitrogen and oxygen atoms in total. The lowest BCUT2D eigenvalue weighted by molar-refractivity contribution is -0.118. The lowest BCUT2D eigenvalue weighted by Gasteiger charge is -2.15. The highest BCUT2D eigenvalue weighted by atomic mass is 35.5. The Labute approximate surface area is 184 Å². The van der Waals surface area contributed by atoms with Crippen molar-refractivity contribution in [2.24, 2.45) is 0 Å². The summed E-state index contributed by atoms with van der Waals surface area (Å²) < 4.78 is 13.1. The van der Waals surface area contributed by atoms with E-state index in [-0.39, 0.29) is 12.5 Å². The lowest BCUT2D eigenvalue weighted by atomic mass is 10.2. The molecule has 3 N–H and O–H groups in total. The Kier molecular flexibility index (Phi) is 6.96. The van der Waals surface area contributed by atoms with Crippen molar-refractivity contribution >= 4 is 35.4 Å². The van der Waals surface area contributed by atoms with Crippen molar-refractivity contribution in [3.8, 4) is 11.5 Å². The summed E-state index contributed by atoms with van der Waals surface area (Å²) in [7, 11) is 1.52. The molecule has 158 valence electrons. The number of hydrogen-bond donors (Lipinski definition) is 3. The summed E-state index contributed by atoms with van der Waals surface area (Å²) in [5.41, 5.74) is 5.73. The Morgan fingerprint density at radius 1 is 1.23 bits per heavy atom. The number of amides is 1. The summed E-state index contributed by atoms with van der Waals surface area (Å²) in [5, 5.41) is 9.99. The molecule has 30 heavy (non-hydrogen) atoms. The highest BCUT2D eigenvalue weighted by molar-refractivity contribution is 7.71. The number of halogens is 1. The highest BCUT2D eigenvalue weighted by Crippen LogP contribution is 2.33. The molecule has 1 amide bonds. The molecule has 3 rings (SSSR count). The largest absolute Gasteiger partial charge is 0.493 e. The Bertz CT molecular complexity index is 1090. The summed E-state index contributed by atoms with van der Waals surface area (Å²) in [6.07, 6.45) is 0. The predicted octanol–water partition coefficient (Wildman–Crippen LogP) is 3.98. The molecule has 0 radical (unpaired) electrons. The van der Waals surface area contributed by atoms with E-state index in [1.54, 1.807) is 16.8 Å². The van der Waals surface area contributed by atoms with Gasteiger partial charge in [0.15, 0.2) is 18.1 Å². The number of nitrogens with one attached hydrogen (secondary N) is 3. The van der Waals surface area contributed by atoms with Gasteiger partial charge in [0.1, 0.15) is 5.82 Å². The van der Waals surface area contributed by atoms with Gasteiger partial charge in [-0.3, -0.25) is 9.89 Å². The molecule has 0 bridgehead atoms. The molecule has 1 heterocycles. The quantitative estimate of drug-likeness (QED) is 0.452. The Balaban J connectivity index is 1.65. The topological polar surface area (TPSA) is 93.2 Å². The normalized spacial score (nSPS) is 10.5. The fourth-order valence-corrected chi connectivity index (χ4v) is 3.15. The van der Waals surface area contributed by atoms with E-state index in [0.717, 1.165) is 11.1 Å². The molecular formula is C20H22ClN5O3S. The molecular weight excluding hydrogens is 426 g/mol. The first-order chi connectivity index (χ1) is 14.4. The van der Waals surface area contributed by atoms with Gasteiger partial charge in [-0.15, -0.1) is 0 Å². The molecule has 1 aromatic heterocycles. The lowest BCUT2D eigenvalue weighted by Crippen LogP contribution is -2.20. The van der Waals surface area contributed by atoms with Crippen molar-refractivity contribution in [1.82, 2.24) is 14.9 Å². The highest BCUT2D eigenvalue weighted by Gasteiger charge is 2.13. The number of carbonyl (C=O) groups is 1. The second-order valence-corrected chi connectivity index (χ2v) is 7.34. The second-order valence-electron chi connectivity index (χ2n) is 6.54. The van der Waals surface area contributed by atoms with Crippen molar-refractivity contribution in [2.75, 3.05) is 24.5 Å². The van der Waals surface area contributed by atoms with E-state index in [0.29, 0.717) is 39.3 Å². The average molecular weight is 448 g/mol. The molecule has 2 aromatic carbocycles. The van der Waals surface area contributed by atoms with Crippen LogP contribution in [0.2, 0.25) is 5.02 Å². The van der Waals surface area contributed by atoms with Gasteiger partial charge in [0.2, 0.25) is 4.77 Å². The van der Waals surface area contributed by atoms with Crippen molar-refractivity contribution in [3.63, 3.8) is 0 Å². The standard InChI is InChI=1S/C20H22ClN5O3S/c1-12-4-6-15(7-5-12)23-19(27)11-29-18-9-16(21)14(8-17(18)28-3)10-22-26-13(2)24-25-20(26)30/h4-9,22H,10-11H2,1-3H3,(H,23,27)(H,25,30). The zero-order valence-corrected chi connectivity index (χ0v) is 18.4. The number of aromatic amines is 1. The molecule has 0 aliphatic heterocycles. The van der Waals surface area contributed by atoms with Crippen LogP contribution >= 0.6 is 23.8 Å². The molecule has 0 aliphatic carbocycles. The summed E-state index contributed by atoms with van der Waals surface area (Å²) in [4.78, 5) is 12.2. The number of anilines is 1. The molecule has 0 fully saturated rings. The van der Waals surface area contributed by atoms with Gasteiger partial charge < -0.3 is 20.2 Å². The van der Waals surface area contributed by atoms with Crippen LogP contribution in [0.25, 0.3) is 0 Å². The van der Waals surface area contributed by atoms with Gasteiger partial charge in [-0.25, -0.2) is 4.68 Å². The van der Waals surface area contributed by atoms with Crippen LogP contribution in [0.5, 0.6) is 11.5 Å². The fraction of sp³-hybridized carbons (Fsp3) is 0.250. The third-order valence-corrected chi connectivity index (χ3v) is 4.92. The smallest absolute Gasteiger partial charge is 0.262 e. The SMILES string of the molecule is COc1cc(CNn2c(C)n[nH]c2=S)c(Cl)cc1OCC(=O)Nc1ccc(C)cc1. The minimum absolute atomic E-state index is 0.179. The maximum absolute atomic E-state index is 12.2. The van der Waals surface area contributed by atoms with E-state index >= 15 is 0 Å². The minimum atomic E-state index is -0.285. The van der Waals surface area contributed by atoms with Crippen LogP contribution < -0.4 is 20.2 Å². The molecule has 10 heteroatoms. The Morgan fingerprint density at radius 3 is 2.60 bits per heavy atom. The van der Waals surface area contributed by atoms with E-state index < -0.39 is 0 Å². The van der Waals surface area contributed by atoms with Crippen LogP contribution in [0.3, 0.4) is 0 Å². The maximum atomic E-state index is 12.2. The van der Waals surface area contributed by atoms with E-state index in [2.05, 4.69) is 20.9 Å². The number of hydrogen-bond acceptors (Lipinski definition) is 6. The summed E-state index contributed by atoms with van der Waals surface area (Å²) >= 11 is 11.6. The Hall–Kier alpha value is -3.04. The molecule has 0 saturated carbocycles. The number of carbonyl (C=O) groups excluding carboxylic acids is 1. The van der Waals surface area contributed by atoms with Crippen molar-refractivity contribution in [3.05, 3.63) is 63.1 Å². The van der Waals surface area contributed by atoms with Gasteiger partial charge in [-0.05, 0) is 49.8 Å². The number of ether oxygens (including phenoxy) is 2. The monoisotopic (exact) mass is 447 g/mol. The number of aromatic nitrogens is 3. The van der Waals surface area contributed by atoms with Gasteiger partial charge in [-0.1, -0.05) is 29.3 Å². The molecule has 3 aromatic rings. The minimum Gasteiger partial charge on any atom is -0.493 e. The Morgan fingerprint density at radius 2 is 1.97 bits per heavy atom. The predicted molar refractivity (Wildman–Crippen MR) is 119 cm³/mol. The molecule has 0 spiro atoms. The van der Waals surface area contributed by atoms with Crippen LogP contribution in [0, 0.1) is 18.6 Å². The van der Waals surface area contributed by atoms with Gasteiger partial charge in [0, 0.05) is 16.8 Å². The van der Waals surface area contributed by atoms with Crippen LogP contribution in [0.1, 0.15) is 17.0 Å². The van der Waals surface area contributed by atoms with Crippen LogP contribution in [-0.2, 0) is 11.3 Å². The number of aryl methyl sites for hydroxylation is 2. The van der Waals surface area contributed by atoms with Crippen molar-refractivity contribution < 1.29 is 14.3 Å². The fourth-order valence-electron chi connectivity index (χ4n) is 2.69. The summed E-state index contributed by atoms with van der Waals surface area (Å²) in [5.74, 6) is 1.25. The van der Waals surface area contributed by atoms with Gasteiger partial charge >= 0.3 is 0 Å². The number of benzene rings is 2. The van der Waals surface area contributed by atoms with E-state index in [9.17, 15) is 4.79 Å². The van der Waals surface area contributed by atoms with Gasteiger partial charge in [0.05, 0.1) is 13.7 Å². The third-order valence-electron chi connectivity index (χ3n) is 4.29. The van der Waals surface area contributed by atoms with Gasteiger partial charge in [-0.2, -0.15) is 5.10 Å². The van der Waals surface area contributed by atoms with Crippen molar-refractivity contribution in [2.45, 2.75) is 20.4 Å². The zero-order valence-electron chi connectivity index (χ0n) is 16.8. The first kappa shape index (κ1) is 21.7. The van der Waals surface area contributed by atoms with E-state index in [1.165, 1.54) is 7.11 Å². The average Bonchev–Trinajstić information content (AvgIpc) is 3.05. The van der Waals surface area contributed by atoms with E-state index in [4.69, 9.17) is 33.3 Å². The molecule has 0 aliphatic rings. The molecule has 0 saturated heterocycles. The van der Waals surface area contributed by atoms with Crippen molar-refractivity contribution in [1.29, 1.82) is 0 Å². The number of rotatable bonds is 8. The first-order valence-electron chi connectivity index (χ1n) is 9.11. The van der Waals surface area contributed by atoms with Crippen LogP contribution in [0.15, 0.2) is 36.4 Å². The summed E-state index contributed by atoms with van der Waals surface area (Å²) in [6, 6.07) is 10.9. The van der Waals surface area contributed by atoms with Crippen LogP contribution in [0.4, 0.5) is 5.69 Å². The summed E-state index contributed by atoms with van der Waals surface area (Å²) in [6.45, 7) is 4.01. The van der Waals surface area contributed by atoms with E-state index in [1.807, 2.05) is 38.1 Å².